The minimum atomic E-state index is -0.588. The van der Waals surface area contributed by atoms with Crippen molar-refractivity contribution in [2.75, 3.05) is 7.11 Å². The molecule has 0 aliphatic carbocycles. The molecule has 0 aromatic carbocycles. The van der Waals surface area contributed by atoms with E-state index in [-0.39, 0.29) is 18.4 Å². The van der Waals surface area contributed by atoms with Crippen LogP contribution in [0.3, 0.4) is 0 Å². The lowest BCUT2D eigenvalue weighted by atomic mass is 9.87. The van der Waals surface area contributed by atoms with Crippen LogP contribution >= 0.6 is 0 Å². The molecule has 0 saturated heterocycles. The summed E-state index contributed by atoms with van der Waals surface area (Å²) in [4.78, 5) is 10.7. The van der Waals surface area contributed by atoms with Gasteiger partial charge in [-0.15, -0.1) is 0 Å². The Morgan fingerprint density at radius 1 is 1.82 bits per heavy atom. The summed E-state index contributed by atoms with van der Waals surface area (Å²) < 4.78 is 4.44. The van der Waals surface area contributed by atoms with Gasteiger partial charge >= 0.3 is 13.0 Å². The zero-order chi connectivity index (χ0) is 8.85. The van der Waals surface area contributed by atoms with Gasteiger partial charge in [-0.25, -0.2) is 0 Å². The monoisotopic (exact) mass is 159 g/mol. The molecule has 0 fully saturated rings. The maximum absolute atomic E-state index is 10.7. The second-order valence-corrected chi connectivity index (χ2v) is 2.52. The predicted molar refractivity (Wildman–Crippen MR) is 43.1 cm³/mol. The number of methoxy groups -OCH3 is 1. The van der Waals surface area contributed by atoms with Crippen molar-refractivity contribution < 1.29 is 14.6 Å². The summed E-state index contributed by atoms with van der Waals surface area (Å²) >= 11 is 0. The second kappa shape index (κ2) is 5.15. The van der Waals surface area contributed by atoms with Gasteiger partial charge in [0.2, 0.25) is 0 Å². The summed E-state index contributed by atoms with van der Waals surface area (Å²) in [6.45, 7) is 3.41. The Labute approximate surface area is 67.1 Å². The number of rotatable bonds is 4. The normalized spacial score (nSPS) is 12.4. The number of hydrogen-bond acceptors (Lipinski definition) is 4. The molecule has 0 aliphatic heterocycles. The van der Waals surface area contributed by atoms with Crippen LogP contribution < -0.4 is 5.23 Å². The Kier molecular flexibility index (Phi) is 4.90. The van der Waals surface area contributed by atoms with E-state index in [4.69, 9.17) is 5.02 Å². The number of nitrogens with one attached hydrogen (secondary N) is 1. The lowest BCUT2D eigenvalue weighted by Gasteiger charge is -2.11. The maximum atomic E-state index is 10.7. The van der Waals surface area contributed by atoms with Gasteiger partial charge in [-0.2, -0.15) is 0 Å². The summed E-state index contributed by atoms with van der Waals surface area (Å²) in [5, 5.41) is 11.6. The van der Waals surface area contributed by atoms with E-state index < -0.39 is 7.05 Å². The van der Waals surface area contributed by atoms with Gasteiger partial charge in [-0.05, 0) is 6.82 Å². The van der Waals surface area contributed by atoms with Gasteiger partial charge in [0.05, 0.1) is 13.5 Å². The van der Waals surface area contributed by atoms with Crippen LogP contribution in [0.5, 0.6) is 0 Å². The van der Waals surface area contributed by atoms with Crippen molar-refractivity contribution in [2.24, 2.45) is 0 Å². The third kappa shape index (κ3) is 5.88. The van der Waals surface area contributed by atoms with E-state index in [1.54, 1.807) is 6.82 Å². The van der Waals surface area contributed by atoms with Crippen molar-refractivity contribution >= 4 is 13.0 Å². The van der Waals surface area contributed by atoms with Crippen molar-refractivity contribution in [3.05, 3.63) is 0 Å². The van der Waals surface area contributed by atoms with Crippen LogP contribution in [-0.2, 0) is 9.53 Å². The lowest BCUT2D eigenvalue weighted by molar-refractivity contribution is -0.140. The van der Waals surface area contributed by atoms with E-state index in [2.05, 4.69) is 9.96 Å². The first kappa shape index (κ1) is 10.5. The third-order valence-electron chi connectivity index (χ3n) is 1.23. The van der Waals surface area contributed by atoms with Gasteiger partial charge in [0.15, 0.2) is 0 Å². The highest BCUT2D eigenvalue weighted by Crippen LogP contribution is 1.92. The van der Waals surface area contributed by atoms with E-state index in [1.807, 2.05) is 6.92 Å². The topological polar surface area (TPSA) is 58.6 Å². The molecule has 11 heavy (non-hydrogen) atoms. The fourth-order valence-electron chi connectivity index (χ4n) is 0.804. The van der Waals surface area contributed by atoms with Crippen LogP contribution in [0.4, 0.5) is 0 Å². The molecule has 0 aromatic rings. The van der Waals surface area contributed by atoms with Gasteiger partial charge in [-0.3, -0.25) is 4.79 Å². The molecule has 0 saturated carbocycles. The van der Waals surface area contributed by atoms with Crippen molar-refractivity contribution in [3.8, 4) is 0 Å². The standard InChI is InChI=1S/C6H14BNO3/c1-5(8-7(2)10)4-6(9)11-3/h5,8,10H,4H2,1-3H3/t5-/m1/s1. The molecular formula is C6H14BNO3. The van der Waals surface area contributed by atoms with Crippen LogP contribution in [-0.4, -0.2) is 31.2 Å². The highest BCUT2D eigenvalue weighted by atomic mass is 16.5. The SMILES string of the molecule is COC(=O)C[C@@H](C)NB(C)O. The average Bonchev–Trinajstić information content (AvgIpc) is 1.85. The molecular weight excluding hydrogens is 145 g/mol. The van der Waals surface area contributed by atoms with Crippen LogP contribution in [0.15, 0.2) is 0 Å². The minimum absolute atomic E-state index is 0.0533. The molecule has 2 N–H and O–H groups in total. The predicted octanol–water partition coefficient (Wildman–Crippen LogP) is -0.362. The summed E-state index contributed by atoms with van der Waals surface area (Å²) in [5.74, 6) is -0.273. The molecule has 0 unspecified atom stereocenters. The van der Waals surface area contributed by atoms with Gasteiger partial charge in [0.1, 0.15) is 0 Å². The van der Waals surface area contributed by atoms with Gasteiger partial charge in [-0.1, -0.05) is 6.92 Å². The number of ether oxygens (including phenoxy) is 1. The molecule has 64 valence electrons. The van der Waals surface area contributed by atoms with Crippen molar-refractivity contribution in [1.82, 2.24) is 5.23 Å². The first-order chi connectivity index (χ1) is 5.06. The second-order valence-electron chi connectivity index (χ2n) is 2.52. The summed E-state index contributed by atoms with van der Waals surface area (Å²) in [5.41, 5.74) is 0. The molecule has 0 rings (SSSR count). The summed E-state index contributed by atoms with van der Waals surface area (Å²) in [6, 6.07) is -0.0533. The largest absolute Gasteiger partial charge is 0.469 e. The van der Waals surface area contributed by atoms with Crippen LogP contribution in [0.2, 0.25) is 6.82 Å². The lowest BCUT2D eigenvalue weighted by Crippen LogP contribution is -2.39. The van der Waals surface area contributed by atoms with E-state index in [1.165, 1.54) is 7.11 Å². The third-order valence-corrected chi connectivity index (χ3v) is 1.23. The molecule has 0 spiro atoms. The first-order valence-electron chi connectivity index (χ1n) is 3.57. The highest BCUT2D eigenvalue weighted by molar-refractivity contribution is 6.45. The molecule has 0 radical (unpaired) electrons. The molecule has 4 nitrogen and oxygen atoms in total. The number of carbonyl (C=O) groups is 1. The Hall–Kier alpha value is -0.545. The van der Waals surface area contributed by atoms with E-state index >= 15 is 0 Å². The average molecular weight is 159 g/mol. The van der Waals surface area contributed by atoms with Crippen molar-refractivity contribution in [3.63, 3.8) is 0 Å². The fraction of sp³-hybridized carbons (Fsp3) is 0.833. The first-order valence-corrected chi connectivity index (χ1v) is 3.57. The quantitative estimate of drug-likeness (QED) is 0.434. The van der Waals surface area contributed by atoms with E-state index in [0.717, 1.165) is 0 Å². The Morgan fingerprint density at radius 3 is 2.73 bits per heavy atom. The Balaban J connectivity index is 3.51. The van der Waals surface area contributed by atoms with Gasteiger partial charge in [0, 0.05) is 6.04 Å². The van der Waals surface area contributed by atoms with E-state index in [0.29, 0.717) is 0 Å². The zero-order valence-corrected chi connectivity index (χ0v) is 7.13. The van der Waals surface area contributed by atoms with Crippen LogP contribution in [0.25, 0.3) is 0 Å². The Morgan fingerprint density at radius 2 is 2.36 bits per heavy atom. The molecule has 5 heteroatoms. The number of esters is 1. The van der Waals surface area contributed by atoms with Crippen molar-refractivity contribution in [1.29, 1.82) is 0 Å². The van der Waals surface area contributed by atoms with Crippen molar-refractivity contribution in [2.45, 2.75) is 26.2 Å². The zero-order valence-electron chi connectivity index (χ0n) is 7.13. The molecule has 1 atom stereocenters. The van der Waals surface area contributed by atoms with E-state index in [9.17, 15) is 4.79 Å². The maximum Gasteiger partial charge on any atom is 0.373 e. The Bertz CT molecular complexity index is 129. The summed E-state index contributed by atoms with van der Waals surface area (Å²) in [7, 11) is 0.756. The number of hydrogen-bond donors (Lipinski definition) is 2. The molecule has 0 amide bonds. The molecule has 0 heterocycles. The number of carbonyl (C=O) groups excluding carboxylic acids is 1. The smallest absolute Gasteiger partial charge is 0.373 e. The summed E-state index contributed by atoms with van der Waals surface area (Å²) in [6.07, 6.45) is 0.279. The minimum Gasteiger partial charge on any atom is -0.469 e. The highest BCUT2D eigenvalue weighted by Gasteiger charge is 2.11. The van der Waals surface area contributed by atoms with Gasteiger partial charge < -0.3 is 15.0 Å². The fourth-order valence-corrected chi connectivity index (χ4v) is 0.804. The molecule has 0 aliphatic rings. The van der Waals surface area contributed by atoms with Crippen LogP contribution in [0, 0.1) is 0 Å². The molecule has 0 aromatic heterocycles. The van der Waals surface area contributed by atoms with Gasteiger partial charge in [0.25, 0.3) is 0 Å². The molecule has 0 bridgehead atoms. The van der Waals surface area contributed by atoms with Crippen LogP contribution in [0.1, 0.15) is 13.3 Å².